The quantitative estimate of drug-likeness (QED) is 0.424. The molecule has 0 fully saturated rings. The van der Waals surface area contributed by atoms with Crippen molar-refractivity contribution in [2.75, 3.05) is 6.61 Å². The van der Waals surface area contributed by atoms with E-state index in [1.165, 1.54) is 16.9 Å². The number of carbonyl (C=O) groups excluding carboxylic acids is 1. The van der Waals surface area contributed by atoms with E-state index in [1.807, 2.05) is 25.1 Å². The summed E-state index contributed by atoms with van der Waals surface area (Å²) in [6.07, 6.45) is -0.772. The van der Waals surface area contributed by atoms with Gasteiger partial charge >= 0.3 is 12.1 Å². The molecule has 1 aromatic heterocycles. The summed E-state index contributed by atoms with van der Waals surface area (Å²) in [6, 6.07) is 10.2. The molecule has 0 N–H and O–H groups in total. The van der Waals surface area contributed by atoms with E-state index >= 15 is 0 Å². The second-order valence-corrected chi connectivity index (χ2v) is 8.74. The van der Waals surface area contributed by atoms with Gasteiger partial charge in [0.1, 0.15) is 17.0 Å². The fourth-order valence-corrected chi connectivity index (χ4v) is 3.06. The summed E-state index contributed by atoms with van der Waals surface area (Å²) < 4.78 is 49.1. The number of nitrogens with zero attached hydrogens (tertiary/aromatic N) is 3. The number of carbonyl (C=O) groups is 1. The fourth-order valence-electron chi connectivity index (χ4n) is 3.06. The van der Waals surface area contributed by atoms with Gasteiger partial charge in [0.05, 0.1) is 16.9 Å². The maximum Gasteiger partial charge on any atom is 0.416 e. The lowest BCUT2D eigenvalue weighted by atomic mass is 10.1. The van der Waals surface area contributed by atoms with Crippen LogP contribution in [0.5, 0.6) is 5.75 Å². The maximum absolute atomic E-state index is 12.8. The highest BCUT2D eigenvalue weighted by molar-refractivity contribution is 5.72. The van der Waals surface area contributed by atoms with E-state index in [-0.39, 0.29) is 6.61 Å². The van der Waals surface area contributed by atoms with Crippen LogP contribution in [0.4, 0.5) is 13.2 Å². The van der Waals surface area contributed by atoms with Crippen molar-refractivity contribution in [1.29, 1.82) is 0 Å². The molecule has 0 saturated heterocycles. The van der Waals surface area contributed by atoms with Gasteiger partial charge < -0.3 is 9.47 Å². The highest BCUT2D eigenvalue weighted by Gasteiger charge is 2.30. The standard InChI is InChI=1S/C25H26F3N3O3/c1-16-14-18(7-13-22(16)33-15-23(32)34-24(3,4)5)6-12-21-17(2)29-31(30-21)20-10-8-19(9-11-20)25(26,27)28/h6-14H,15H2,1-5H3/b12-6+. The third kappa shape index (κ3) is 6.69. The van der Waals surface area contributed by atoms with Gasteiger partial charge in [-0.15, -0.1) is 5.10 Å². The molecule has 0 bridgehead atoms. The number of benzene rings is 2. The third-order valence-electron chi connectivity index (χ3n) is 4.64. The van der Waals surface area contributed by atoms with Gasteiger partial charge in [-0.3, -0.25) is 0 Å². The Morgan fingerprint density at radius 2 is 1.68 bits per heavy atom. The molecule has 6 nitrogen and oxygen atoms in total. The predicted molar refractivity (Wildman–Crippen MR) is 123 cm³/mol. The maximum atomic E-state index is 12.8. The zero-order chi connectivity index (χ0) is 25.1. The number of aryl methyl sites for hydroxylation is 2. The van der Waals surface area contributed by atoms with Crippen LogP contribution in [0.15, 0.2) is 42.5 Å². The van der Waals surface area contributed by atoms with Crippen LogP contribution in [0.1, 0.15) is 48.8 Å². The highest BCUT2D eigenvalue weighted by atomic mass is 19.4. The van der Waals surface area contributed by atoms with Crippen molar-refractivity contribution in [3.05, 3.63) is 70.5 Å². The van der Waals surface area contributed by atoms with E-state index in [0.717, 1.165) is 23.3 Å². The van der Waals surface area contributed by atoms with E-state index in [0.29, 0.717) is 22.8 Å². The molecule has 34 heavy (non-hydrogen) atoms. The number of hydrogen-bond acceptors (Lipinski definition) is 5. The molecule has 0 aliphatic carbocycles. The molecule has 3 aromatic rings. The van der Waals surface area contributed by atoms with Crippen molar-refractivity contribution >= 4 is 18.1 Å². The molecule has 0 aliphatic rings. The molecule has 0 radical (unpaired) electrons. The van der Waals surface area contributed by atoms with Gasteiger partial charge in [0.25, 0.3) is 0 Å². The smallest absolute Gasteiger partial charge is 0.416 e. The molecule has 2 aromatic carbocycles. The van der Waals surface area contributed by atoms with Crippen LogP contribution in [0, 0.1) is 13.8 Å². The summed E-state index contributed by atoms with van der Waals surface area (Å²) in [5, 5.41) is 8.66. The van der Waals surface area contributed by atoms with Crippen LogP contribution in [-0.4, -0.2) is 33.2 Å². The number of rotatable bonds is 6. The van der Waals surface area contributed by atoms with Gasteiger partial charge in [-0.2, -0.15) is 23.1 Å². The Morgan fingerprint density at radius 1 is 1.00 bits per heavy atom. The van der Waals surface area contributed by atoms with Gasteiger partial charge in [-0.1, -0.05) is 12.1 Å². The van der Waals surface area contributed by atoms with E-state index in [4.69, 9.17) is 9.47 Å². The van der Waals surface area contributed by atoms with Crippen LogP contribution >= 0.6 is 0 Å². The molecule has 0 atom stereocenters. The first-order chi connectivity index (χ1) is 15.8. The molecule has 1 heterocycles. The first-order valence-electron chi connectivity index (χ1n) is 10.6. The minimum Gasteiger partial charge on any atom is -0.482 e. The van der Waals surface area contributed by atoms with Crippen molar-refractivity contribution in [3.63, 3.8) is 0 Å². The summed E-state index contributed by atoms with van der Waals surface area (Å²) in [5.74, 6) is 0.134. The number of alkyl halides is 3. The normalized spacial score (nSPS) is 12.2. The molecule has 180 valence electrons. The van der Waals surface area contributed by atoms with Crippen molar-refractivity contribution in [3.8, 4) is 11.4 Å². The molecular weight excluding hydrogens is 447 g/mol. The van der Waals surface area contributed by atoms with Crippen molar-refractivity contribution < 1.29 is 27.4 Å². The summed E-state index contributed by atoms with van der Waals surface area (Å²) in [5.41, 5.74) is 2.07. The molecular formula is C25H26F3N3O3. The van der Waals surface area contributed by atoms with E-state index in [9.17, 15) is 18.0 Å². The minimum atomic E-state index is -4.39. The van der Waals surface area contributed by atoms with Crippen LogP contribution in [0.25, 0.3) is 17.8 Å². The topological polar surface area (TPSA) is 66.2 Å². The van der Waals surface area contributed by atoms with Crippen molar-refractivity contribution in [2.24, 2.45) is 0 Å². The van der Waals surface area contributed by atoms with Crippen LogP contribution in [0.3, 0.4) is 0 Å². The van der Waals surface area contributed by atoms with Gasteiger partial charge in [-0.25, -0.2) is 4.79 Å². The summed E-state index contributed by atoms with van der Waals surface area (Å²) in [7, 11) is 0. The Kier molecular flexibility index (Phi) is 7.14. The Hall–Kier alpha value is -3.62. The molecule has 0 unspecified atom stereocenters. The third-order valence-corrected chi connectivity index (χ3v) is 4.64. The fraction of sp³-hybridized carbons (Fsp3) is 0.320. The van der Waals surface area contributed by atoms with E-state index < -0.39 is 23.3 Å². The average Bonchev–Trinajstić information content (AvgIpc) is 3.10. The lowest BCUT2D eigenvalue weighted by Crippen LogP contribution is -2.27. The Morgan fingerprint density at radius 3 is 2.26 bits per heavy atom. The van der Waals surface area contributed by atoms with Gasteiger partial charge in [0.2, 0.25) is 0 Å². The first kappa shape index (κ1) is 25.0. The van der Waals surface area contributed by atoms with Gasteiger partial charge in [0, 0.05) is 0 Å². The van der Waals surface area contributed by atoms with Crippen molar-refractivity contribution in [1.82, 2.24) is 15.0 Å². The Balaban J connectivity index is 1.68. The summed E-state index contributed by atoms with van der Waals surface area (Å²) >= 11 is 0. The SMILES string of the molecule is Cc1cc(/C=C/c2nn(-c3ccc(C(F)(F)F)cc3)nc2C)ccc1OCC(=O)OC(C)(C)C. The molecule has 0 amide bonds. The average molecular weight is 473 g/mol. The van der Waals surface area contributed by atoms with E-state index in [1.54, 1.807) is 39.8 Å². The van der Waals surface area contributed by atoms with Gasteiger partial charge in [0.15, 0.2) is 6.61 Å². The van der Waals surface area contributed by atoms with E-state index in [2.05, 4.69) is 10.2 Å². The second-order valence-electron chi connectivity index (χ2n) is 8.74. The Labute approximate surface area is 196 Å². The first-order valence-corrected chi connectivity index (χ1v) is 10.6. The lowest BCUT2D eigenvalue weighted by molar-refractivity contribution is -0.157. The monoisotopic (exact) mass is 473 g/mol. The second kappa shape index (κ2) is 9.70. The number of hydrogen-bond donors (Lipinski definition) is 0. The molecule has 0 spiro atoms. The van der Waals surface area contributed by atoms with Crippen LogP contribution < -0.4 is 4.74 Å². The molecule has 0 aliphatic heterocycles. The lowest BCUT2D eigenvalue weighted by Gasteiger charge is -2.19. The number of ether oxygens (including phenoxy) is 2. The molecule has 3 rings (SSSR count). The number of esters is 1. The molecule has 9 heteroatoms. The zero-order valence-corrected chi connectivity index (χ0v) is 19.6. The Bertz CT molecular complexity index is 1190. The predicted octanol–water partition coefficient (Wildman–Crippen LogP) is 5.79. The summed E-state index contributed by atoms with van der Waals surface area (Å²) in [6.45, 7) is 8.84. The highest BCUT2D eigenvalue weighted by Crippen LogP contribution is 2.29. The minimum absolute atomic E-state index is 0.181. The number of aromatic nitrogens is 3. The zero-order valence-electron chi connectivity index (χ0n) is 19.6. The van der Waals surface area contributed by atoms with Crippen LogP contribution in [0.2, 0.25) is 0 Å². The molecule has 0 saturated carbocycles. The summed E-state index contributed by atoms with van der Waals surface area (Å²) in [4.78, 5) is 13.1. The largest absolute Gasteiger partial charge is 0.482 e. The number of halogens is 3. The van der Waals surface area contributed by atoms with Crippen LogP contribution in [-0.2, 0) is 15.7 Å². The van der Waals surface area contributed by atoms with Crippen molar-refractivity contribution in [2.45, 2.75) is 46.4 Å². The van der Waals surface area contributed by atoms with Gasteiger partial charge in [-0.05, 0) is 88.2 Å².